The smallest absolute Gasteiger partial charge is 0.320 e. The van der Waals surface area contributed by atoms with Crippen LogP contribution >= 0.6 is 0 Å². The number of carboxylic acids is 1. The summed E-state index contributed by atoms with van der Waals surface area (Å²) < 4.78 is 0. The highest BCUT2D eigenvalue weighted by atomic mass is 16.4. The molecule has 0 unspecified atom stereocenters. The average molecular weight is 106 g/mol. The van der Waals surface area contributed by atoms with Crippen molar-refractivity contribution in [1.29, 1.82) is 0 Å². The van der Waals surface area contributed by atoms with E-state index in [4.69, 9.17) is 10.8 Å². The van der Waals surface area contributed by atoms with Crippen molar-refractivity contribution in [1.82, 2.24) is 6.15 Å². The standard InChI is InChI=1S/C3H7NO2.H3N/c1-2(4)3(5)6;/h2H,4H2,1H3,(H,5,6);1H3/t2-;/m1./s1. The van der Waals surface area contributed by atoms with Crippen LogP contribution in [-0.2, 0) is 4.79 Å². The van der Waals surface area contributed by atoms with Gasteiger partial charge in [0.1, 0.15) is 6.04 Å². The molecule has 1 atom stereocenters. The van der Waals surface area contributed by atoms with Crippen molar-refractivity contribution in [2.45, 2.75) is 13.0 Å². The highest BCUT2D eigenvalue weighted by Gasteiger charge is 1.99. The predicted molar refractivity (Wildman–Crippen MR) is 26.3 cm³/mol. The van der Waals surface area contributed by atoms with Crippen LogP contribution in [0.25, 0.3) is 0 Å². The summed E-state index contributed by atoms with van der Waals surface area (Å²) in [5.41, 5.74) is 4.84. The number of nitrogens with two attached hydrogens (primary N) is 1. The molecular weight excluding hydrogens is 96.0 g/mol. The van der Waals surface area contributed by atoms with Crippen LogP contribution in [0.4, 0.5) is 0 Å². The van der Waals surface area contributed by atoms with Gasteiger partial charge >= 0.3 is 5.97 Å². The van der Waals surface area contributed by atoms with Crippen LogP contribution in [0, 0.1) is 0 Å². The minimum Gasteiger partial charge on any atom is -0.480 e. The molecule has 0 aromatic heterocycles. The molecule has 0 spiro atoms. The second-order valence-electron chi connectivity index (χ2n) is 1.13. The molecule has 0 fully saturated rings. The Bertz CT molecular complexity index is 62.0. The van der Waals surface area contributed by atoms with Crippen LogP contribution in [0.1, 0.15) is 6.92 Å². The van der Waals surface area contributed by atoms with E-state index in [1.807, 2.05) is 0 Å². The summed E-state index contributed by atoms with van der Waals surface area (Å²) in [5.74, 6) is -0.963. The van der Waals surface area contributed by atoms with E-state index in [2.05, 4.69) is 0 Å². The summed E-state index contributed by atoms with van der Waals surface area (Å²) in [6, 6.07) is -0.731. The molecule has 0 bridgehead atoms. The van der Waals surface area contributed by atoms with Gasteiger partial charge in [-0.1, -0.05) is 0 Å². The Kier molecular flexibility index (Phi) is 4.92. The zero-order chi connectivity index (χ0) is 5.15. The molecular formula is C3H10N2O2. The Labute approximate surface area is 41.9 Å². The second-order valence-corrected chi connectivity index (χ2v) is 1.13. The SMILES string of the molecule is C[C@@H](N)C(=O)O.N. The number of carboxylic acid groups (broad SMARTS) is 1. The first-order chi connectivity index (χ1) is 2.64. The van der Waals surface area contributed by atoms with Crippen LogP contribution in [-0.4, -0.2) is 17.1 Å². The van der Waals surface area contributed by atoms with E-state index in [0.717, 1.165) is 0 Å². The molecule has 0 rings (SSSR count). The molecule has 0 aromatic rings. The first kappa shape index (κ1) is 9.63. The molecule has 0 radical (unpaired) electrons. The minimum absolute atomic E-state index is 0. The third kappa shape index (κ3) is 5.39. The van der Waals surface area contributed by atoms with Crippen LogP contribution in [0.15, 0.2) is 0 Å². The van der Waals surface area contributed by atoms with Crippen molar-refractivity contribution >= 4 is 5.97 Å². The average Bonchev–Trinajstić information content (AvgIpc) is 1.36. The molecule has 6 N–H and O–H groups in total. The van der Waals surface area contributed by atoms with Gasteiger partial charge in [0.05, 0.1) is 0 Å². The summed E-state index contributed by atoms with van der Waals surface area (Å²) in [7, 11) is 0. The third-order valence-corrected chi connectivity index (χ3v) is 0.390. The third-order valence-electron chi connectivity index (χ3n) is 0.390. The van der Waals surface area contributed by atoms with Crippen LogP contribution in [0.3, 0.4) is 0 Å². The van der Waals surface area contributed by atoms with Crippen LogP contribution in [0.5, 0.6) is 0 Å². The van der Waals surface area contributed by atoms with Crippen molar-refractivity contribution in [2.24, 2.45) is 5.73 Å². The summed E-state index contributed by atoms with van der Waals surface area (Å²) in [5, 5.41) is 7.87. The normalized spacial score (nSPS) is 11.7. The minimum atomic E-state index is -0.963. The second kappa shape index (κ2) is 3.58. The van der Waals surface area contributed by atoms with Gasteiger partial charge in [0.2, 0.25) is 0 Å². The fourth-order valence-corrected chi connectivity index (χ4v) is 0. The van der Waals surface area contributed by atoms with E-state index < -0.39 is 12.0 Å². The molecule has 0 saturated carbocycles. The number of rotatable bonds is 1. The highest BCUT2D eigenvalue weighted by molar-refractivity contribution is 5.72. The number of hydrogen-bond acceptors (Lipinski definition) is 3. The summed E-state index contributed by atoms with van der Waals surface area (Å²) in [4.78, 5) is 9.57. The maximum Gasteiger partial charge on any atom is 0.320 e. The quantitative estimate of drug-likeness (QED) is 0.422. The van der Waals surface area contributed by atoms with Crippen molar-refractivity contribution in [3.05, 3.63) is 0 Å². The van der Waals surface area contributed by atoms with Crippen molar-refractivity contribution in [2.75, 3.05) is 0 Å². The summed E-state index contributed by atoms with van der Waals surface area (Å²) >= 11 is 0. The summed E-state index contributed by atoms with van der Waals surface area (Å²) in [6.07, 6.45) is 0. The van der Waals surface area contributed by atoms with Crippen LogP contribution < -0.4 is 11.9 Å². The molecule has 7 heavy (non-hydrogen) atoms. The van der Waals surface area contributed by atoms with Gasteiger partial charge in [-0.15, -0.1) is 0 Å². The Morgan fingerprint density at radius 1 is 1.86 bits per heavy atom. The molecule has 4 heteroatoms. The lowest BCUT2D eigenvalue weighted by atomic mass is 10.4. The van der Waals surface area contributed by atoms with Crippen molar-refractivity contribution in [3.8, 4) is 0 Å². The molecule has 0 aliphatic rings. The maximum absolute atomic E-state index is 9.57. The highest BCUT2D eigenvalue weighted by Crippen LogP contribution is 1.68. The van der Waals surface area contributed by atoms with Gasteiger partial charge in [0.25, 0.3) is 0 Å². The zero-order valence-electron chi connectivity index (χ0n) is 4.22. The Balaban J connectivity index is 0. The van der Waals surface area contributed by atoms with Crippen LogP contribution in [0.2, 0.25) is 0 Å². The fraction of sp³-hybridized carbons (Fsp3) is 0.667. The summed E-state index contributed by atoms with van der Waals surface area (Å²) in [6.45, 7) is 1.42. The molecule has 44 valence electrons. The van der Waals surface area contributed by atoms with Gasteiger partial charge in [-0.3, -0.25) is 4.79 Å². The first-order valence-corrected chi connectivity index (χ1v) is 1.63. The monoisotopic (exact) mass is 106 g/mol. The van der Waals surface area contributed by atoms with E-state index in [1.165, 1.54) is 6.92 Å². The van der Waals surface area contributed by atoms with Gasteiger partial charge in [-0.25, -0.2) is 0 Å². The Morgan fingerprint density at radius 3 is 2.00 bits per heavy atom. The number of aliphatic carboxylic acids is 1. The predicted octanol–water partition coefficient (Wildman–Crippen LogP) is -0.420. The Morgan fingerprint density at radius 2 is 2.00 bits per heavy atom. The fourth-order valence-electron chi connectivity index (χ4n) is 0. The lowest BCUT2D eigenvalue weighted by Gasteiger charge is -1.90. The molecule has 0 heterocycles. The molecule has 0 aliphatic carbocycles. The molecule has 4 nitrogen and oxygen atoms in total. The van der Waals surface area contributed by atoms with Gasteiger partial charge in [-0.2, -0.15) is 0 Å². The molecule has 0 aliphatic heterocycles. The number of hydrogen-bond donors (Lipinski definition) is 3. The molecule has 0 saturated heterocycles. The maximum atomic E-state index is 9.57. The Hall–Kier alpha value is -0.610. The van der Waals surface area contributed by atoms with E-state index in [0.29, 0.717) is 0 Å². The molecule has 0 amide bonds. The van der Waals surface area contributed by atoms with E-state index in [-0.39, 0.29) is 6.15 Å². The first-order valence-electron chi connectivity index (χ1n) is 1.63. The van der Waals surface area contributed by atoms with E-state index in [9.17, 15) is 4.79 Å². The largest absolute Gasteiger partial charge is 0.480 e. The lowest BCUT2D eigenvalue weighted by molar-refractivity contribution is -0.138. The van der Waals surface area contributed by atoms with Gasteiger partial charge in [0, 0.05) is 0 Å². The van der Waals surface area contributed by atoms with Gasteiger partial charge in [-0.05, 0) is 6.92 Å². The molecule has 0 aromatic carbocycles. The lowest BCUT2D eigenvalue weighted by Crippen LogP contribution is -2.25. The van der Waals surface area contributed by atoms with E-state index >= 15 is 0 Å². The number of carbonyl (C=O) groups is 1. The van der Waals surface area contributed by atoms with Crippen molar-refractivity contribution < 1.29 is 9.90 Å². The van der Waals surface area contributed by atoms with Crippen molar-refractivity contribution in [3.63, 3.8) is 0 Å². The van der Waals surface area contributed by atoms with E-state index in [1.54, 1.807) is 0 Å². The van der Waals surface area contributed by atoms with Gasteiger partial charge in [0.15, 0.2) is 0 Å². The zero-order valence-corrected chi connectivity index (χ0v) is 4.22. The van der Waals surface area contributed by atoms with Gasteiger partial charge < -0.3 is 17.0 Å². The topological polar surface area (TPSA) is 98.3 Å².